The highest BCUT2D eigenvalue weighted by Gasteiger charge is 2.21. The highest BCUT2D eigenvalue weighted by molar-refractivity contribution is 9.10. The zero-order chi connectivity index (χ0) is 16.2. The molecule has 0 aliphatic carbocycles. The van der Waals surface area contributed by atoms with Crippen LogP contribution in [0.1, 0.15) is 24.2 Å². The lowest BCUT2D eigenvalue weighted by molar-refractivity contribution is 0.0173. The van der Waals surface area contributed by atoms with Gasteiger partial charge < -0.3 is 9.47 Å². The molecule has 0 heterocycles. The summed E-state index contributed by atoms with van der Waals surface area (Å²) in [5.74, 6) is -1.90. The second-order valence-electron chi connectivity index (χ2n) is 4.36. The third-order valence-electron chi connectivity index (χ3n) is 2.32. The minimum Gasteiger partial charge on any atom is -0.460 e. The minimum atomic E-state index is -4.09. The molecule has 6 nitrogen and oxygen atoms in total. The third kappa shape index (κ3) is 5.34. The van der Waals surface area contributed by atoms with E-state index in [0.717, 1.165) is 12.1 Å². The van der Waals surface area contributed by atoms with Gasteiger partial charge in [0, 0.05) is 4.47 Å². The van der Waals surface area contributed by atoms with E-state index in [1.165, 1.54) is 0 Å². The quantitative estimate of drug-likeness (QED) is 0.596. The number of nitrogens with two attached hydrogens (primary N) is 1. The number of benzene rings is 1. The molecule has 0 unspecified atom stereocenters. The summed E-state index contributed by atoms with van der Waals surface area (Å²) in [4.78, 5) is 11.3. The van der Waals surface area contributed by atoms with Gasteiger partial charge in [0.2, 0.25) is 10.0 Å². The molecule has 9 heteroatoms. The van der Waals surface area contributed by atoms with Crippen molar-refractivity contribution in [3.63, 3.8) is 0 Å². The molecule has 0 aromatic heterocycles. The van der Waals surface area contributed by atoms with Crippen molar-refractivity contribution in [3.05, 3.63) is 28.0 Å². The molecule has 1 rings (SSSR count). The van der Waals surface area contributed by atoms with Crippen molar-refractivity contribution in [2.45, 2.75) is 24.8 Å². The number of carbonyl (C=O) groups excluding carboxylic acids is 1. The number of esters is 1. The summed E-state index contributed by atoms with van der Waals surface area (Å²) in [7, 11) is -4.09. The molecule has 0 bridgehead atoms. The number of primary sulfonamides is 1. The van der Waals surface area contributed by atoms with E-state index in [9.17, 15) is 17.6 Å². The third-order valence-corrected chi connectivity index (χ3v) is 4.19. The van der Waals surface area contributed by atoms with Gasteiger partial charge in [-0.15, -0.1) is 0 Å². The van der Waals surface area contributed by atoms with E-state index < -0.39 is 32.3 Å². The number of hydrogen-bond acceptors (Lipinski definition) is 5. The molecule has 0 aliphatic heterocycles. The normalized spacial score (nSPS) is 11.7. The maximum absolute atomic E-state index is 13.7. The number of sulfonamides is 1. The molecule has 0 fully saturated rings. The van der Waals surface area contributed by atoms with Crippen LogP contribution in [0.2, 0.25) is 0 Å². The van der Waals surface area contributed by atoms with Crippen LogP contribution in [0.25, 0.3) is 0 Å². The summed E-state index contributed by atoms with van der Waals surface area (Å²) in [5, 5.41) is 4.98. The molecule has 0 spiro atoms. The Labute approximate surface area is 130 Å². The second-order valence-corrected chi connectivity index (χ2v) is 6.75. The molecule has 21 heavy (non-hydrogen) atoms. The van der Waals surface area contributed by atoms with Crippen LogP contribution < -0.4 is 5.14 Å². The molecule has 1 aromatic rings. The summed E-state index contributed by atoms with van der Waals surface area (Å²) in [6.07, 6.45) is -0.0258. The molecule has 1 aromatic carbocycles. The Morgan fingerprint density at radius 2 is 2.00 bits per heavy atom. The van der Waals surface area contributed by atoms with Crippen LogP contribution in [-0.2, 0) is 19.5 Å². The Bertz CT molecular complexity index is 633. The van der Waals surface area contributed by atoms with Gasteiger partial charge in [-0.05, 0) is 41.9 Å². The zero-order valence-electron chi connectivity index (χ0n) is 11.4. The van der Waals surface area contributed by atoms with Gasteiger partial charge in [-0.3, -0.25) is 0 Å². The average molecular weight is 384 g/mol. The highest BCUT2D eigenvalue weighted by Crippen LogP contribution is 2.25. The first-order valence-corrected chi connectivity index (χ1v) is 8.27. The van der Waals surface area contributed by atoms with Crippen LogP contribution in [0.15, 0.2) is 21.5 Å². The van der Waals surface area contributed by atoms with Crippen molar-refractivity contribution in [3.8, 4) is 0 Å². The van der Waals surface area contributed by atoms with E-state index >= 15 is 0 Å². The molecular formula is C12H15BrFNO5S. The number of halogens is 2. The number of hydrogen-bond donors (Lipinski definition) is 1. The fourth-order valence-corrected chi connectivity index (χ4v) is 3.00. The lowest BCUT2D eigenvalue weighted by Crippen LogP contribution is -2.17. The molecule has 2 N–H and O–H groups in total. The average Bonchev–Trinajstić information content (AvgIpc) is 2.32. The van der Waals surface area contributed by atoms with Crippen molar-refractivity contribution in [1.82, 2.24) is 0 Å². The summed E-state index contributed by atoms with van der Waals surface area (Å²) < 4.78 is 46.3. The predicted octanol–water partition coefficient (Wildman–Crippen LogP) is 1.82. The van der Waals surface area contributed by atoms with Crippen LogP contribution in [0.4, 0.5) is 4.39 Å². The maximum atomic E-state index is 13.7. The Hall–Kier alpha value is -1.03. The first-order chi connectivity index (χ1) is 9.62. The molecule has 0 atom stereocenters. The van der Waals surface area contributed by atoms with Gasteiger partial charge in [0.05, 0.1) is 23.2 Å². The lowest BCUT2D eigenvalue weighted by Gasteiger charge is -2.10. The van der Waals surface area contributed by atoms with Crippen molar-refractivity contribution in [2.75, 3.05) is 13.2 Å². The lowest BCUT2D eigenvalue weighted by atomic mass is 10.2. The first kappa shape index (κ1) is 18.0. The van der Waals surface area contributed by atoms with E-state index in [2.05, 4.69) is 15.9 Å². The number of ether oxygens (including phenoxy) is 2. The summed E-state index contributed by atoms with van der Waals surface area (Å²) in [6.45, 7) is 3.71. The van der Waals surface area contributed by atoms with Gasteiger partial charge in [-0.2, -0.15) is 0 Å². The molecule has 0 saturated heterocycles. The van der Waals surface area contributed by atoms with Crippen LogP contribution in [0.5, 0.6) is 0 Å². The summed E-state index contributed by atoms with van der Waals surface area (Å²) >= 11 is 2.87. The zero-order valence-corrected chi connectivity index (χ0v) is 13.8. The SMILES string of the molecule is CC(C)OCCOC(=O)c1cc(S(N)(=O)=O)c(Br)cc1F. The molecule has 118 valence electrons. The van der Waals surface area contributed by atoms with E-state index in [0.29, 0.717) is 0 Å². The van der Waals surface area contributed by atoms with Crippen molar-refractivity contribution < 1.29 is 27.1 Å². The minimum absolute atomic E-state index is 0.0258. The fourth-order valence-electron chi connectivity index (χ4n) is 1.40. The van der Waals surface area contributed by atoms with Gasteiger partial charge in [-0.25, -0.2) is 22.7 Å². The van der Waals surface area contributed by atoms with E-state index in [1.807, 2.05) is 13.8 Å². The highest BCUT2D eigenvalue weighted by atomic mass is 79.9. The smallest absolute Gasteiger partial charge is 0.341 e. The monoisotopic (exact) mass is 383 g/mol. The van der Waals surface area contributed by atoms with Gasteiger partial charge in [-0.1, -0.05) is 0 Å². The molecule has 0 aliphatic rings. The van der Waals surface area contributed by atoms with Gasteiger partial charge >= 0.3 is 5.97 Å². The maximum Gasteiger partial charge on any atom is 0.341 e. The fraction of sp³-hybridized carbons (Fsp3) is 0.417. The number of carbonyl (C=O) groups is 1. The second kappa shape index (κ2) is 7.30. The largest absolute Gasteiger partial charge is 0.460 e. The Kier molecular flexibility index (Phi) is 6.26. The van der Waals surface area contributed by atoms with Crippen molar-refractivity contribution >= 4 is 31.9 Å². The topological polar surface area (TPSA) is 95.7 Å². The van der Waals surface area contributed by atoms with Crippen LogP contribution >= 0.6 is 15.9 Å². The standard InChI is InChI=1S/C12H15BrFNO5S/c1-7(2)19-3-4-20-12(16)8-5-11(21(15,17)18)9(13)6-10(8)14/h5-7H,3-4H2,1-2H3,(H2,15,17,18). The van der Waals surface area contributed by atoms with Gasteiger partial charge in [0.25, 0.3) is 0 Å². The van der Waals surface area contributed by atoms with Crippen molar-refractivity contribution in [1.29, 1.82) is 0 Å². The van der Waals surface area contributed by atoms with Crippen LogP contribution in [0.3, 0.4) is 0 Å². The van der Waals surface area contributed by atoms with Crippen molar-refractivity contribution in [2.24, 2.45) is 5.14 Å². The van der Waals surface area contributed by atoms with E-state index in [1.54, 1.807) is 0 Å². The van der Waals surface area contributed by atoms with E-state index in [-0.39, 0.29) is 23.8 Å². The summed E-state index contributed by atoms with van der Waals surface area (Å²) in [5.41, 5.74) is -0.508. The summed E-state index contributed by atoms with van der Waals surface area (Å²) in [6, 6.07) is 1.68. The van der Waals surface area contributed by atoms with Crippen LogP contribution in [0, 0.1) is 5.82 Å². The predicted molar refractivity (Wildman–Crippen MR) is 76.8 cm³/mol. The number of rotatable bonds is 6. The first-order valence-electron chi connectivity index (χ1n) is 5.93. The van der Waals surface area contributed by atoms with Gasteiger partial charge in [0.1, 0.15) is 12.4 Å². The molecular weight excluding hydrogens is 369 g/mol. The molecule has 0 radical (unpaired) electrons. The Morgan fingerprint density at radius 3 is 2.52 bits per heavy atom. The van der Waals surface area contributed by atoms with E-state index in [4.69, 9.17) is 14.6 Å². The van der Waals surface area contributed by atoms with Gasteiger partial charge in [0.15, 0.2) is 0 Å². The Morgan fingerprint density at radius 1 is 1.38 bits per heavy atom. The Balaban J connectivity index is 2.90. The molecule has 0 saturated carbocycles. The van der Waals surface area contributed by atoms with Crippen LogP contribution in [-0.4, -0.2) is 33.7 Å². The molecule has 0 amide bonds.